The molecule has 2 rings (SSSR count). The molecule has 98 valence electrons. The predicted molar refractivity (Wildman–Crippen MR) is 79.8 cm³/mol. The number of nitrogens with one attached hydrogen (secondary N) is 1. The minimum atomic E-state index is -0.0601. The number of rotatable bonds is 2. The van der Waals surface area contributed by atoms with Gasteiger partial charge in [0.2, 0.25) is 0 Å². The van der Waals surface area contributed by atoms with Crippen LogP contribution >= 0.6 is 0 Å². The minimum Gasteiger partial charge on any atom is -0.322 e. The van der Waals surface area contributed by atoms with Crippen molar-refractivity contribution in [2.24, 2.45) is 0 Å². The molecule has 1 amide bonds. The van der Waals surface area contributed by atoms with Gasteiger partial charge < -0.3 is 5.32 Å². The van der Waals surface area contributed by atoms with Crippen LogP contribution in [0.15, 0.2) is 36.4 Å². The standard InChI is InChI=1S/C17H19NO/c1-11-5-7-15(8-6-11)17(19)18-16-13(3)9-12(2)10-14(16)4/h5-10H,1-4H3,(H,18,19). The van der Waals surface area contributed by atoms with Gasteiger partial charge in [-0.15, -0.1) is 0 Å². The Morgan fingerprint density at radius 2 is 1.37 bits per heavy atom. The van der Waals surface area contributed by atoms with Crippen LogP contribution in [0.3, 0.4) is 0 Å². The van der Waals surface area contributed by atoms with Crippen LogP contribution in [0.25, 0.3) is 0 Å². The molecule has 0 unspecified atom stereocenters. The highest BCUT2D eigenvalue weighted by Gasteiger charge is 2.09. The number of amides is 1. The van der Waals surface area contributed by atoms with E-state index in [0.717, 1.165) is 22.4 Å². The summed E-state index contributed by atoms with van der Waals surface area (Å²) < 4.78 is 0. The van der Waals surface area contributed by atoms with Crippen molar-refractivity contribution in [1.82, 2.24) is 0 Å². The van der Waals surface area contributed by atoms with Crippen LogP contribution in [-0.2, 0) is 0 Å². The van der Waals surface area contributed by atoms with E-state index < -0.39 is 0 Å². The molecule has 0 fully saturated rings. The normalized spacial score (nSPS) is 10.3. The second kappa shape index (κ2) is 5.27. The van der Waals surface area contributed by atoms with Crippen molar-refractivity contribution in [3.63, 3.8) is 0 Å². The SMILES string of the molecule is Cc1ccc(C(=O)Nc2c(C)cc(C)cc2C)cc1. The zero-order chi connectivity index (χ0) is 14.0. The number of hydrogen-bond donors (Lipinski definition) is 1. The molecule has 0 saturated carbocycles. The fourth-order valence-electron chi connectivity index (χ4n) is 2.27. The highest BCUT2D eigenvalue weighted by Crippen LogP contribution is 2.22. The van der Waals surface area contributed by atoms with E-state index in [1.807, 2.05) is 45.0 Å². The zero-order valence-electron chi connectivity index (χ0n) is 11.9. The number of hydrogen-bond acceptors (Lipinski definition) is 1. The Bertz CT molecular complexity index is 589. The number of aryl methyl sites for hydroxylation is 4. The molecule has 2 nitrogen and oxygen atoms in total. The van der Waals surface area contributed by atoms with Gasteiger partial charge >= 0.3 is 0 Å². The van der Waals surface area contributed by atoms with Crippen LogP contribution in [0, 0.1) is 27.7 Å². The summed E-state index contributed by atoms with van der Waals surface area (Å²) >= 11 is 0. The fraction of sp³-hybridized carbons (Fsp3) is 0.235. The van der Waals surface area contributed by atoms with Gasteiger partial charge in [0, 0.05) is 11.3 Å². The van der Waals surface area contributed by atoms with E-state index in [1.54, 1.807) is 0 Å². The summed E-state index contributed by atoms with van der Waals surface area (Å²) in [4.78, 5) is 12.2. The summed E-state index contributed by atoms with van der Waals surface area (Å²) in [7, 11) is 0. The Hall–Kier alpha value is -2.09. The van der Waals surface area contributed by atoms with E-state index in [9.17, 15) is 4.79 Å². The Morgan fingerprint density at radius 3 is 1.89 bits per heavy atom. The summed E-state index contributed by atoms with van der Waals surface area (Å²) in [6.45, 7) is 8.11. The summed E-state index contributed by atoms with van der Waals surface area (Å²) in [5, 5.41) is 3.00. The molecule has 0 saturated heterocycles. The molecule has 2 aromatic carbocycles. The van der Waals surface area contributed by atoms with Gasteiger partial charge in [-0.05, 0) is 51.0 Å². The maximum Gasteiger partial charge on any atom is 0.255 e. The molecule has 2 aromatic rings. The second-order valence-electron chi connectivity index (χ2n) is 5.09. The average Bonchev–Trinajstić information content (AvgIpc) is 2.34. The predicted octanol–water partition coefficient (Wildman–Crippen LogP) is 4.17. The Labute approximate surface area is 114 Å². The summed E-state index contributed by atoms with van der Waals surface area (Å²) in [6, 6.07) is 11.8. The van der Waals surface area contributed by atoms with E-state index in [1.165, 1.54) is 5.56 Å². The smallest absolute Gasteiger partial charge is 0.255 e. The van der Waals surface area contributed by atoms with Gasteiger partial charge in [0.15, 0.2) is 0 Å². The number of benzene rings is 2. The molecule has 19 heavy (non-hydrogen) atoms. The van der Waals surface area contributed by atoms with Crippen molar-refractivity contribution < 1.29 is 4.79 Å². The van der Waals surface area contributed by atoms with Gasteiger partial charge in [0.1, 0.15) is 0 Å². The van der Waals surface area contributed by atoms with Crippen molar-refractivity contribution in [3.05, 3.63) is 64.2 Å². The van der Waals surface area contributed by atoms with E-state index in [4.69, 9.17) is 0 Å². The van der Waals surface area contributed by atoms with Crippen molar-refractivity contribution in [2.75, 3.05) is 5.32 Å². The summed E-state index contributed by atoms with van der Waals surface area (Å²) in [5.41, 5.74) is 6.15. The van der Waals surface area contributed by atoms with Crippen LogP contribution in [0.2, 0.25) is 0 Å². The largest absolute Gasteiger partial charge is 0.322 e. The van der Waals surface area contributed by atoms with Crippen molar-refractivity contribution in [1.29, 1.82) is 0 Å². The zero-order valence-corrected chi connectivity index (χ0v) is 11.9. The van der Waals surface area contributed by atoms with Gasteiger partial charge in [-0.1, -0.05) is 35.4 Å². The van der Waals surface area contributed by atoms with Gasteiger partial charge in [-0.3, -0.25) is 4.79 Å². The van der Waals surface area contributed by atoms with E-state index in [0.29, 0.717) is 5.56 Å². The third kappa shape index (κ3) is 3.02. The first-order valence-electron chi connectivity index (χ1n) is 6.43. The van der Waals surface area contributed by atoms with E-state index in [-0.39, 0.29) is 5.91 Å². The first-order chi connectivity index (χ1) is 8.97. The quantitative estimate of drug-likeness (QED) is 0.855. The lowest BCUT2D eigenvalue weighted by atomic mass is 10.0. The van der Waals surface area contributed by atoms with Gasteiger partial charge in [0.05, 0.1) is 0 Å². The Kier molecular flexibility index (Phi) is 3.70. The molecule has 2 heteroatoms. The first-order valence-corrected chi connectivity index (χ1v) is 6.43. The lowest BCUT2D eigenvalue weighted by Gasteiger charge is -2.13. The molecule has 0 aliphatic rings. The lowest BCUT2D eigenvalue weighted by Crippen LogP contribution is -2.13. The van der Waals surface area contributed by atoms with E-state index >= 15 is 0 Å². The molecular formula is C17H19NO. The maximum atomic E-state index is 12.2. The highest BCUT2D eigenvalue weighted by atomic mass is 16.1. The maximum absolute atomic E-state index is 12.2. The second-order valence-corrected chi connectivity index (χ2v) is 5.09. The minimum absolute atomic E-state index is 0.0601. The fourth-order valence-corrected chi connectivity index (χ4v) is 2.27. The third-order valence-electron chi connectivity index (χ3n) is 3.23. The topological polar surface area (TPSA) is 29.1 Å². The van der Waals surface area contributed by atoms with Gasteiger partial charge in [-0.2, -0.15) is 0 Å². The number of anilines is 1. The molecule has 0 bridgehead atoms. The molecule has 0 aromatic heterocycles. The van der Waals surface area contributed by atoms with E-state index in [2.05, 4.69) is 24.4 Å². The van der Waals surface area contributed by atoms with Crippen molar-refractivity contribution in [3.8, 4) is 0 Å². The van der Waals surface area contributed by atoms with Crippen LogP contribution < -0.4 is 5.32 Å². The molecule has 1 N–H and O–H groups in total. The van der Waals surface area contributed by atoms with Crippen molar-refractivity contribution in [2.45, 2.75) is 27.7 Å². The third-order valence-corrected chi connectivity index (χ3v) is 3.23. The van der Waals surface area contributed by atoms with Crippen LogP contribution in [0.1, 0.15) is 32.6 Å². The molecule has 0 atom stereocenters. The number of carbonyl (C=O) groups excluding carboxylic acids is 1. The monoisotopic (exact) mass is 253 g/mol. The highest BCUT2D eigenvalue weighted by molar-refractivity contribution is 6.05. The molecule has 0 radical (unpaired) electrons. The average molecular weight is 253 g/mol. The molecule has 0 spiro atoms. The lowest BCUT2D eigenvalue weighted by molar-refractivity contribution is 0.102. The molecule has 0 aliphatic carbocycles. The Morgan fingerprint density at radius 1 is 0.842 bits per heavy atom. The molecule has 0 aliphatic heterocycles. The van der Waals surface area contributed by atoms with Crippen LogP contribution in [0.5, 0.6) is 0 Å². The molecule has 0 heterocycles. The first kappa shape index (κ1) is 13.3. The molecular weight excluding hydrogens is 234 g/mol. The summed E-state index contributed by atoms with van der Waals surface area (Å²) in [6.07, 6.45) is 0. The van der Waals surface area contributed by atoms with Crippen LogP contribution in [0.4, 0.5) is 5.69 Å². The Balaban J connectivity index is 2.26. The van der Waals surface area contributed by atoms with Gasteiger partial charge in [0.25, 0.3) is 5.91 Å². The van der Waals surface area contributed by atoms with Crippen LogP contribution in [-0.4, -0.2) is 5.91 Å². The number of carbonyl (C=O) groups is 1. The summed E-state index contributed by atoms with van der Waals surface area (Å²) in [5.74, 6) is -0.0601. The van der Waals surface area contributed by atoms with Gasteiger partial charge in [-0.25, -0.2) is 0 Å². The van der Waals surface area contributed by atoms with Crippen molar-refractivity contribution >= 4 is 11.6 Å².